The van der Waals surface area contributed by atoms with Gasteiger partial charge in [-0.1, -0.05) is 12.1 Å². The SMILES string of the molecule is COCCC1(CNC(C)c2cccc([N+](=O)[O-])c2)CC1. The lowest BCUT2D eigenvalue weighted by molar-refractivity contribution is -0.384. The van der Waals surface area contributed by atoms with E-state index in [-0.39, 0.29) is 16.7 Å². The molecule has 1 aromatic rings. The van der Waals surface area contributed by atoms with Crippen LogP contribution in [-0.4, -0.2) is 25.2 Å². The second-order valence-corrected chi connectivity index (χ2v) is 5.70. The molecule has 0 saturated heterocycles. The number of non-ortho nitro benzene ring substituents is 1. The van der Waals surface area contributed by atoms with Gasteiger partial charge < -0.3 is 10.1 Å². The number of methoxy groups -OCH3 is 1. The van der Waals surface area contributed by atoms with Gasteiger partial charge in [-0.2, -0.15) is 0 Å². The minimum atomic E-state index is -0.350. The van der Waals surface area contributed by atoms with Crippen molar-refractivity contribution in [2.45, 2.75) is 32.2 Å². The number of hydrogen-bond acceptors (Lipinski definition) is 4. The second-order valence-electron chi connectivity index (χ2n) is 5.70. The van der Waals surface area contributed by atoms with Gasteiger partial charge in [-0.05, 0) is 37.2 Å². The number of nitro groups is 1. The molecule has 5 nitrogen and oxygen atoms in total. The zero-order valence-electron chi connectivity index (χ0n) is 12.1. The smallest absolute Gasteiger partial charge is 0.269 e. The van der Waals surface area contributed by atoms with Gasteiger partial charge in [0.25, 0.3) is 5.69 Å². The van der Waals surface area contributed by atoms with Crippen LogP contribution in [0.1, 0.15) is 37.8 Å². The summed E-state index contributed by atoms with van der Waals surface area (Å²) in [5.74, 6) is 0. The van der Waals surface area contributed by atoms with Crippen molar-refractivity contribution in [3.63, 3.8) is 0 Å². The van der Waals surface area contributed by atoms with Crippen molar-refractivity contribution in [1.29, 1.82) is 0 Å². The molecule has 0 aliphatic heterocycles. The van der Waals surface area contributed by atoms with Gasteiger partial charge in [-0.25, -0.2) is 0 Å². The van der Waals surface area contributed by atoms with Gasteiger partial charge in [0, 0.05) is 38.4 Å². The molecule has 1 N–H and O–H groups in total. The van der Waals surface area contributed by atoms with Gasteiger partial charge in [0.15, 0.2) is 0 Å². The highest BCUT2D eigenvalue weighted by atomic mass is 16.6. The monoisotopic (exact) mass is 278 g/mol. The zero-order valence-corrected chi connectivity index (χ0v) is 12.1. The van der Waals surface area contributed by atoms with Crippen LogP contribution in [0.2, 0.25) is 0 Å². The summed E-state index contributed by atoms with van der Waals surface area (Å²) in [4.78, 5) is 10.4. The Kier molecular flexibility index (Phi) is 4.73. The molecular formula is C15H22N2O3. The highest BCUT2D eigenvalue weighted by molar-refractivity contribution is 5.35. The average Bonchev–Trinajstić information content (AvgIpc) is 3.23. The van der Waals surface area contributed by atoms with E-state index in [1.54, 1.807) is 19.2 Å². The van der Waals surface area contributed by atoms with Crippen molar-refractivity contribution in [2.24, 2.45) is 5.41 Å². The van der Waals surface area contributed by atoms with Crippen LogP contribution in [0.5, 0.6) is 0 Å². The highest BCUT2D eigenvalue weighted by Crippen LogP contribution is 2.48. The van der Waals surface area contributed by atoms with E-state index in [9.17, 15) is 10.1 Å². The molecule has 1 aromatic carbocycles. The maximum absolute atomic E-state index is 10.8. The van der Waals surface area contributed by atoms with Crippen LogP contribution < -0.4 is 5.32 Å². The lowest BCUT2D eigenvalue weighted by atomic mass is 10.0. The van der Waals surface area contributed by atoms with E-state index in [1.807, 2.05) is 13.0 Å². The normalized spacial score (nSPS) is 17.7. The second kappa shape index (κ2) is 6.33. The van der Waals surface area contributed by atoms with Gasteiger partial charge in [0.1, 0.15) is 0 Å². The van der Waals surface area contributed by atoms with Crippen molar-refractivity contribution < 1.29 is 9.66 Å². The molecule has 0 radical (unpaired) electrons. The van der Waals surface area contributed by atoms with E-state index in [1.165, 1.54) is 18.9 Å². The fourth-order valence-corrected chi connectivity index (χ4v) is 2.41. The van der Waals surface area contributed by atoms with Crippen LogP contribution in [0, 0.1) is 15.5 Å². The summed E-state index contributed by atoms with van der Waals surface area (Å²) in [5, 5.41) is 14.3. The number of rotatable bonds is 8. The molecule has 0 aromatic heterocycles. The number of ether oxygens (including phenoxy) is 1. The molecule has 0 heterocycles. The first kappa shape index (κ1) is 14.9. The Hall–Kier alpha value is -1.46. The largest absolute Gasteiger partial charge is 0.385 e. The van der Waals surface area contributed by atoms with E-state index in [0.29, 0.717) is 5.41 Å². The van der Waals surface area contributed by atoms with Crippen LogP contribution in [-0.2, 0) is 4.74 Å². The zero-order chi connectivity index (χ0) is 14.6. The maximum Gasteiger partial charge on any atom is 0.269 e. The summed E-state index contributed by atoms with van der Waals surface area (Å²) >= 11 is 0. The van der Waals surface area contributed by atoms with E-state index in [0.717, 1.165) is 25.1 Å². The first-order chi connectivity index (χ1) is 9.56. The first-order valence-corrected chi connectivity index (χ1v) is 7.03. The molecule has 1 atom stereocenters. The summed E-state index contributed by atoms with van der Waals surface area (Å²) in [6, 6.07) is 6.96. The van der Waals surface area contributed by atoms with Crippen molar-refractivity contribution in [2.75, 3.05) is 20.3 Å². The fraction of sp³-hybridized carbons (Fsp3) is 0.600. The van der Waals surface area contributed by atoms with E-state index < -0.39 is 0 Å². The van der Waals surface area contributed by atoms with E-state index in [2.05, 4.69) is 5.32 Å². The number of nitro benzene ring substituents is 1. The third kappa shape index (κ3) is 3.77. The third-order valence-electron chi connectivity index (χ3n) is 4.16. The molecule has 0 bridgehead atoms. The molecule has 5 heteroatoms. The average molecular weight is 278 g/mol. The molecule has 1 fully saturated rings. The Balaban J connectivity index is 1.90. The Morgan fingerprint density at radius 3 is 2.85 bits per heavy atom. The Morgan fingerprint density at radius 2 is 2.25 bits per heavy atom. The molecule has 0 amide bonds. The summed E-state index contributed by atoms with van der Waals surface area (Å²) in [6.07, 6.45) is 3.56. The standard InChI is InChI=1S/C15H22N2O3/c1-12(13-4-3-5-14(10-13)17(18)19)16-11-15(6-7-15)8-9-20-2/h3-5,10,12,16H,6-9,11H2,1-2H3. The summed E-state index contributed by atoms with van der Waals surface area (Å²) in [7, 11) is 1.73. The maximum atomic E-state index is 10.8. The molecule has 1 aliphatic carbocycles. The number of hydrogen-bond donors (Lipinski definition) is 1. The van der Waals surface area contributed by atoms with Crippen molar-refractivity contribution in [3.8, 4) is 0 Å². The number of nitrogens with one attached hydrogen (secondary N) is 1. The van der Waals surface area contributed by atoms with Gasteiger partial charge in [-0.15, -0.1) is 0 Å². The predicted octanol–water partition coefficient (Wildman–Crippen LogP) is 3.06. The number of benzene rings is 1. The lowest BCUT2D eigenvalue weighted by Gasteiger charge is -2.20. The molecule has 1 unspecified atom stereocenters. The van der Waals surface area contributed by atoms with Gasteiger partial charge in [0.2, 0.25) is 0 Å². The van der Waals surface area contributed by atoms with E-state index in [4.69, 9.17) is 4.74 Å². The minimum absolute atomic E-state index is 0.120. The van der Waals surface area contributed by atoms with Crippen molar-refractivity contribution in [3.05, 3.63) is 39.9 Å². The predicted molar refractivity (Wildman–Crippen MR) is 77.7 cm³/mol. The van der Waals surface area contributed by atoms with Gasteiger partial charge in [-0.3, -0.25) is 10.1 Å². The lowest BCUT2D eigenvalue weighted by Crippen LogP contribution is -2.27. The fourth-order valence-electron chi connectivity index (χ4n) is 2.41. The number of nitrogens with zero attached hydrogens (tertiary/aromatic N) is 1. The van der Waals surface area contributed by atoms with Crippen molar-refractivity contribution >= 4 is 5.69 Å². The van der Waals surface area contributed by atoms with Crippen LogP contribution >= 0.6 is 0 Å². The molecule has 20 heavy (non-hydrogen) atoms. The highest BCUT2D eigenvalue weighted by Gasteiger charge is 2.41. The third-order valence-corrected chi connectivity index (χ3v) is 4.16. The quantitative estimate of drug-likeness (QED) is 0.586. The van der Waals surface area contributed by atoms with E-state index >= 15 is 0 Å². The molecule has 2 rings (SSSR count). The van der Waals surface area contributed by atoms with Crippen molar-refractivity contribution in [1.82, 2.24) is 5.32 Å². The van der Waals surface area contributed by atoms with Gasteiger partial charge in [0.05, 0.1) is 4.92 Å². The van der Waals surface area contributed by atoms with Crippen LogP contribution in [0.4, 0.5) is 5.69 Å². The Labute approximate surface area is 119 Å². The van der Waals surface area contributed by atoms with Crippen LogP contribution in [0.25, 0.3) is 0 Å². The van der Waals surface area contributed by atoms with Crippen LogP contribution in [0.3, 0.4) is 0 Å². The topological polar surface area (TPSA) is 64.4 Å². The molecular weight excluding hydrogens is 256 g/mol. The molecule has 0 spiro atoms. The van der Waals surface area contributed by atoms with Gasteiger partial charge >= 0.3 is 0 Å². The minimum Gasteiger partial charge on any atom is -0.385 e. The Morgan fingerprint density at radius 1 is 1.50 bits per heavy atom. The molecule has 1 saturated carbocycles. The Bertz CT molecular complexity index is 472. The summed E-state index contributed by atoms with van der Waals surface area (Å²) < 4.78 is 5.15. The molecule has 110 valence electrons. The first-order valence-electron chi connectivity index (χ1n) is 7.03. The van der Waals surface area contributed by atoms with Crippen LogP contribution in [0.15, 0.2) is 24.3 Å². The summed E-state index contributed by atoms with van der Waals surface area (Å²) in [6.45, 7) is 3.79. The molecule has 1 aliphatic rings. The summed E-state index contributed by atoms with van der Waals surface area (Å²) in [5.41, 5.74) is 1.49.